The van der Waals surface area contributed by atoms with E-state index in [0.717, 1.165) is 30.0 Å². The Kier molecular flexibility index (Phi) is 5.84. The lowest BCUT2D eigenvalue weighted by molar-refractivity contribution is 0.308. The standard InChI is InChI=1S/C14H23NO2/c1-5-11(3)15-10-12-8-7-9-13(17-6-2)14(12)16-4/h7-9,11,15H,5-6,10H2,1-4H3. The van der Waals surface area contributed by atoms with Gasteiger partial charge >= 0.3 is 0 Å². The summed E-state index contributed by atoms with van der Waals surface area (Å²) in [5.41, 5.74) is 1.14. The summed E-state index contributed by atoms with van der Waals surface area (Å²) >= 11 is 0. The van der Waals surface area contributed by atoms with Gasteiger partial charge < -0.3 is 14.8 Å². The Hall–Kier alpha value is -1.22. The van der Waals surface area contributed by atoms with E-state index in [1.165, 1.54) is 0 Å². The van der Waals surface area contributed by atoms with E-state index in [2.05, 4.69) is 25.2 Å². The van der Waals surface area contributed by atoms with Crippen molar-refractivity contribution in [3.05, 3.63) is 23.8 Å². The Labute approximate surface area is 104 Å². The zero-order chi connectivity index (χ0) is 12.7. The fourth-order valence-electron chi connectivity index (χ4n) is 1.63. The molecule has 1 unspecified atom stereocenters. The van der Waals surface area contributed by atoms with Crippen LogP contribution in [0, 0.1) is 0 Å². The summed E-state index contributed by atoms with van der Waals surface area (Å²) in [6.07, 6.45) is 1.12. The number of hydrogen-bond donors (Lipinski definition) is 1. The predicted octanol–water partition coefficient (Wildman–Crippen LogP) is 2.98. The number of ether oxygens (including phenoxy) is 2. The molecule has 0 fully saturated rings. The van der Waals surface area contributed by atoms with Crippen LogP contribution in [0.4, 0.5) is 0 Å². The molecule has 3 heteroatoms. The molecule has 0 aliphatic carbocycles. The SMILES string of the molecule is CCOc1cccc(CNC(C)CC)c1OC. The van der Waals surface area contributed by atoms with Gasteiger partial charge in [0.2, 0.25) is 0 Å². The van der Waals surface area contributed by atoms with Crippen LogP contribution in [-0.4, -0.2) is 19.8 Å². The van der Waals surface area contributed by atoms with Crippen molar-refractivity contribution in [1.82, 2.24) is 5.32 Å². The van der Waals surface area contributed by atoms with Crippen LogP contribution >= 0.6 is 0 Å². The second kappa shape index (κ2) is 7.17. The molecule has 1 rings (SSSR count). The first-order valence-electron chi connectivity index (χ1n) is 6.24. The molecule has 0 radical (unpaired) electrons. The van der Waals surface area contributed by atoms with Crippen LogP contribution in [0.3, 0.4) is 0 Å². The zero-order valence-corrected chi connectivity index (χ0v) is 11.2. The van der Waals surface area contributed by atoms with Crippen molar-refractivity contribution >= 4 is 0 Å². The lowest BCUT2D eigenvalue weighted by atomic mass is 10.1. The predicted molar refractivity (Wildman–Crippen MR) is 70.8 cm³/mol. The van der Waals surface area contributed by atoms with Gasteiger partial charge in [0, 0.05) is 18.2 Å². The van der Waals surface area contributed by atoms with Gasteiger partial charge in [0.1, 0.15) is 0 Å². The average Bonchev–Trinajstić information content (AvgIpc) is 2.36. The molecule has 0 aliphatic heterocycles. The van der Waals surface area contributed by atoms with Gasteiger partial charge in [0.25, 0.3) is 0 Å². The lowest BCUT2D eigenvalue weighted by Gasteiger charge is -2.16. The zero-order valence-electron chi connectivity index (χ0n) is 11.2. The average molecular weight is 237 g/mol. The summed E-state index contributed by atoms with van der Waals surface area (Å²) < 4.78 is 11.0. The maximum atomic E-state index is 5.55. The maximum Gasteiger partial charge on any atom is 0.165 e. The quantitative estimate of drug-likeness (QED) is 0.791. The van der Waals surface area contributed by atoms with Gasteiger partial charge in [0.15, 0.2) is 11.5 Å². The molecule has 3 nitrogen and oxygen atoms in total. The Bertz CT molecular complexity index is 339. The summed E-state index contributed by atoms with van der Waals surface area (Å²) in [4.78, 5) is 0. The topological polar surface area (TPSA) is 30.5 Å². The molecule has 0 bridgehead atoms. The highest BCUT2D eigenvalue weighted by Gasteiger charge is 2.10. The van der Waals surface area contributed by atoms with Crippen molar-refractivity contribution in [2.45, 2.75) is 39.8 Å². The first-order chi connectivity index (χ1) is 8.22. The second-order valence-electron chi connectivity index (χ2n) is 4.07. The molecule has 1 aromatic rings. The first kappa shape index (κ1) is 13.8. The van der Waals surface area contributed by atoms with Gasteiger partial charge in [-0.1, -0.05) is 19.1 Å². The van der Waals surface area contributed by atoms with Crippen LogP contribution in [-0.2, 0) is 6.54 Å². The van der Waals surface area contributed by atoms with Crippen molar-refractivity contribution in [2.24, 2.45) is 0 Å². The van der Waals surface area contributed by atoms with Gasteiger partial charge in [-0.05, 0) is 26.3 Å². The minimum atomic E-state index is 0.510. The van der Waals surface area contributed by atoms with Crippen LogP contribution in [0.15, 0.2) is 18.2 Å². The van der Waals surface area contributed by atoms with Crippen LogP contribution in [0.1, 0.15) is 32.8 Å². The summed E-state index contributed by atoms with van der Waals surface area (Å²) in [7, 11) is 1.69. The molecule has 0 saturated carbocycles. The van der Waals surface area contributed by atoms with E-state index in [1.807, 2.05) is 19.1 Å². The molecular weight excluding hydrogens is 214 g/mol. The lowest BCUT2D eigenvalue weighted by Crippen LogP contribution is -2.24. The van der Waals surface area contributed by atoms with Gasteiger partial charge in [-0.25, -0.2) is 0 Å². The molecule has 0 heterocycles. The van der Waals surface area contributed by atoms with E-state index < -0.39 is 0 Å². The van der Waals surface area contributed by atoms with E-state index in [1.54, 1.807) is 7.11 Å². The first-order valence-corrected chi connectivity index (χ1v) is 6.24. The summed E-state index contributed by atoms with van der Waals surface area (Å²) in [6, 6.07) is 6.52. The Morgan fingerprint density at radius 1 is 1.29 bits per heavy atom. The van der Waals surface area contributed by atoms with E-state index in [4.69, 9.17) is 9.47 Å². The maximum absolute atomic E-state index is 5.55. The number of benzene rings is 1. The Morgan fingerprint density at radius 3 is 2.65 bits per heavy atom. The third kappa shape index (κ3) is 3.93. The molecule has 17 heavy (non-hydrogen) atoms. The molecular formula is C14H23NO2. The normalized spacial score (nSPS) is 12.2. The Balaban J connectivity index is 2.79. The van der Waals surface area contributed by atoms with Crippen molar-refractivity contribution in [1.29, 1.82) is 0 Å². The van der Waals surface area contributed by atoms with Gasteiger partial charge in [-0.3, -0.25) is 0 Å². The van der Waals surface area contributed by atoms with Gasteiger partial charge in [-0.2, -0.15) is 0 Å². The molecule has 0 aromatic heterocycles. The molecule has 96 valence electrons. The molecule has 0 aliphatic rings. The fourth-order valence-corrected chi connectivity index (χ4v) is 1.63. The molecule has 0 spiro atoms. The third-order valence-corrected chi connectivity index (χ3v) is 2.82. The van der Waals surface area contributed by atoms with E-state index in [9.17, 15) is 0 Å². The van der Waals surface area contributed by atoms with Crippen molar-refractivity contribution in [3.63, 3.8) is 0 Å². The van der Waals surface area contributed by atoms with Gasteiger partial charge in [0.05, 0.1) is 13.7 Å². The summed E-state index contributed by atoms with van der Waals surface area (Å²) in [5.74, 6) is 1.66. The van der Waals surface area contributed by atoms with Crippen LogP contribution in [0.2, 0.25) is 0 Å². The fraction of sp³-hybridized carbons (Fsp3) is 0.571. The molecule has 1 atom stereocenters. The van der Waals surface area contributed by atoms with Crippen molar-refractivity contribution in [2.75, 3.05) is 13.7 Å². The molecule has 1 N–H and O–H groups in total. The van der Waals surface area contributed by atoms with Crippen LogP contribution in [0.5, 0.6) is 11.5 Å². The van der Waals surface area contributed by atoms with E-state index in [0.29, 0.717) is 12.6 Å². The number of nitrogens with one attached hydrogen (secondary N) is 1. The van der Waals surface area contributed by atoms with E-state index in [-0.39, 0.29) is 0 Å². The van der Waals surface area contributed by atoms with Crippen molar-refractivity contribution < 1.29 is 9.47 Å². The minimum absolute atomic E-state index is 0.510. The number of methoxy groups -OCH3 is 1. The van der Waals surface area contributed by atoms with Gasteiger partial charge in [-0.15, -0.1) is 0 Å². The van der Waals surface area contributed by atoms with Crippen LogP contribution in [0.25, 0.3) is 0 Å². The summed E-state index contributed by atoms with van der Waals surface area (Å²) in [6.45, 7) is 7.78. The highest BCUT2D eigenvalue weighted by molar-refractivity contribution is 5.46. The number of hydrogen-bond acceptors (Lipinski definition) is 3. The smallest absolute Gasteiger partial charge is 0.165 e. The molecule has 1 aromatic carbocycles. The van der Waals surface area contributed by atoms with Crippen LogP contribution < -0.4 is 14.8 Å². The largest absolute Gasteiger partial charge is 0.493 e. The minimum Gasteiger partial charge on any atom is -0.493 e. The highest BCUT2D eigenvalue weighted by atomic mass is 16.5. The second-order valence-corrected chi connectivity index (χ2v) is 4.07. The van der Waals surface area contributed by atoms with E-state index >= 15 is 0 Å². The highest BCUT2D eigenvalue weighted by Crippen LogP contribution is 2.30. The summed E-state index contributed by atoms with van der Waals surface area (Å²) in [5, 5.41) is 3.46. The monoisotopic (exact) mass is 237 g/mol. The third-order valence-electron chi connectivity index (χ3n) is 2.82. The Morgan fingerprint density at radius 2 is 2.06 bits per heavy atom. The molecule has 0 amide bonds. The number of rotatable bonds is 7. The van der Waals surface area contributed by atoms with Crippen molar-refractivity contribution in [3.8, 4) is 11.5 Å². The number of para-hydroxylation sites is 1. The molecule has 0 saturated heterocycles.